The predicted molar refractivity (Wildman–Crippen MR) is 132 cm³/mol. The van der Waals surface area contributed by atoms with E-state index in [9.17, 15) is 19.8 Å². The Labute approximate surface area is 206 Å². The number of aromatic hydroxyl groups is 1. The van der Waals surface area contributed by atoms with E-state index in [0.29, 0.717) is 11.3 Å². The van der Waals surface area contributed by atoms with Gasteiger partial charge in [-0.2, -0.15) is 0 Å². The van der Waals surface area contributed by atoms with Gasteiger partial charge in [-0.1, -0.05) is 47.5 Å². The Bertz CT molecular complexity index is 1350. The van der Waals surface area contributed by atoms with Gasteiger partial charge in [-0.15, -0.1) is 0 Å². The van der Waals surface area contributed by atoms with Crippen molar-refractivity contribution in [3.63, 3.8) is 0 Å². The first kappa shape index (κ1) is 23.7. The van der Waals surface area contributed by atoms with E-state index < -0.39 is 23.5 Å². The molecule has 4 rings (SSSR count). The van der Waals surface area contributed by atoms with E-state index >= 15 is 0 Å². The zero-order chi connectivity index (χ0) is 24.7. The fraction of sp³-hybridized carbons (Fsp3) is 0.154. The zero-order valence-electron chi connectivity index (χ0n) is 18.6. The van der Waals surface area contributed by atoms with Gasteiger partial charge in [0.05, 0.1) is 29.3 Å². The van der Waals surface area contributed by atoms with E-state index in [0.717, 1.165) is 11.1 Å². The average Bonchev–Trinajstić information content (AvgIpc) is 3.05. The van der Waals surface area contributed by atoms with Crippen LogP contribution >= 0.6 is 23.2 Å². The summed E-state index contributed by atoms with van der Waals surface area (Å²) < 4.78 is 5.35. The first-order valence-electron chi connectivity index (χ1n) is 10.3. The van der Waals surface area contributed by atoms with Crippen molar-refractivity contribution >= 4 is 46.3 Å². The van der Waals surface area contributed by atoms with Crippen molar-refractivity contribution in [1.29, 1.82) is 0 Å². The van der Waals surface area contributed by atoms with Gasteiger partial charge in [-0.05, 0) is 60.9 Å². The first-order valence-corrected chi connectivity index (χ1v) is 11.1. The molecule has 1 saturated heterocycles. The number of methoxy groups -OCH3 is 1. The van der Waals surface area contributed by atoms with Crippen LogP contribution in [-0.2, 0) is 9.59 Å². The van der Waals surface area contributed by atoms with Crippen LogP contribution in [-0.4, -0.2) is 29.0 Å². The summed E-state index contributed by atoms with van der Waals surface area (Å²) in [6.45, 7) is 3.72. The minimum atomic E-state index is -0.969. The van der Waals surface area contributed by atoms with Crippen molar-refractivity contribution in [3.8, 4) is 11.5 Å². The Morgan fingerprint density at radius 1 is 1.00 bits per heavy atom. The number of ketones is 1. The Morgan fingerprint density at radius 3 is 2.32 bits per heavy atom. The second kappa shape index (κ2) is 9.05. The van der Waals surface area contributed by atoms with Gasteiger partial charge in [0.15, 0.2) is 0 Å². The predicted octanol–water partition coefficient (Wildman–Crippen LogP) is 5.95. The molecule has 1 heterocycles. The van der Waals surface area contributed by atoms with Crippen molar-refractivity contribution in [2.45, 2.75) is 19.9 Å². The number of benzene rings is 3. The summed E-state index contributed by atoms with van der Waals surface area (Å²) in [5, 5.41) is 21.5. The van der Waals surface area contributed by atoms with Crippen molar-refractivity contribution in [3.05, 3.63) is 92.5 Å². The summed E-state index contributed by atoms with van der Waals surface area (Å²) in [6, 6.07) is 13.6. The lowest BCUT2D eigenvalue weighted by Crippen LogP contribution is -2.30. The molecule has 2 N–H and O–H groups in total. The maximum atomic E-state index is 13.4. The molecule has 0 aromatic heterocycles. The van der Waals surface area contributed by atoms with Gasteiger partial charge in [0.2, 0.25) is 0 Å². The summed E-state index contributed by atoms with van der Waals surface area (Å²) in [5.41, 5.74) is 2.67. The highest BCUT2D eigenvalue weighted by molar-refractivity contribution is 6.52. The van der Waals surface area contributed by atoms with Gasteiger partial charge in [0.1, 0.15) is 17.3 Å². The molecule has 0 bridgehead atoms. The van der Waals surface area contributed by atoms with Gasteiger partial charge in [0.25, 0.3) is 11.7 Å². The maximum Gasteiger partial charge on any atom is 0.300 e. The molecule has 1 aliphatic heterocycles. The Kier molecular flexibility index (Phi) is 6.30. The molecule has 1 fully saturated rings. The number of carbonyl (C=O) groups excluding carboxylic acids is 2. The van der Waals surface area contributed by atoms with Crippen LogP contribution in [0.15, 0.2) is 60.2 Å². The molecular formula is C26H21Cl2NO5. The monoisotopic (exact) mass is 497 g/mol. The molecule has 0 spiro atoms. The minimum Gasteiger partial charge on any atom is -0.508 e. The topological polar surface area (TPSA) is 87.1 Å². The van der Waals surface area contributed by atoms with E-state index in [1.807, 2.05) is 32.0 Å². The Balaban J connectivity index is 2.04. The number of ether oxygens (including phenoxy) is 1. The van der Waals surface area contributed by atoms with Gasteiger partial charge >= 0.3 is 0 Å². The maximum absolute atomic E-state index is 13.4. The fourth-order valence-corrected chi connectivity index (χ4v) is 4.69. The van der Waals surface area contributed by atoms with Gasteiger partial charge in [-0.3, -0.25) is 14.5 Å². The molecule has 8 heteroatoms. The van der Waals surface area contributed by atoms with Crippen LogP contribution in [0.3, 0.4) is 0 Å². The molecule has 3 aromatic carbocycles. The average molecular weight is 498 g/mol. The molecular weight excluding hydrogens is 477 g/mol. The molecule has 1 aliphatic rings. The summed E-state index contributed by atoms with van der Waals surface area (Å²) in [5.74, 6) is -1.98. The highest BCUT2D eigenvalue weighted by Crippen LogP contribution is 2.45. The third kappa shape index (κ3) is 4.00. The van der Waals surface area contributed by atoms with Crippen molar-refractivity contribution in [2.24, 2.45) is 0 Å². The molecule has 0 aliphatic carbocycles. The number of Topliss-reactive ketones (excluding diaryl/α,β-unsaturated/α-hetero) is 1. The fourth-order valence-electron chi connectivity index (χ4n) is 4.12. The summed E-state index contributed by atoms with van der Waals surface area (Å²) >= 11 is 12.4. The van der Waals surface area contributed by atoms with Crippen LogP contribution in [0.2, 0.25) is 10.0 Å². The molecule has 1 amide bonds. The highest BCUT2D eigenvalue weighted by Gasteiger charge is 2.47. The number of hydrogen-bond donors (Lipinski definition) is 2. The second-order valence-electron chi connectivity index (χ2n) is 8.02. The number of nitrogens with zero attached hydrogens (tertiary/aromatic N) is 1. The lowest BCUT2D eigenvalue weighted by molar-refractivity contribution is -0.132. The summed E-state index contributed by atoms with van der Waals surface area (Å²) in [7, 11) is 1.37. The molecule has 0 saturated carbocycles. The van der Waals surface area contributed by atoms with E-state index in [2.05, 4.69) is 0 Å². The molecule has 6 nitrogen and oxygen atoms in total. The Morgan fingerprint density at radius 2 is 1.68 bits per heavy atom. The van der Waals surface area contributed by atoms with Crippen LogP contribution < -0.4 is 9.64 Å². The number of aryl methyl sites for hydroxylation is 2. The summed E-state index contributed by atoms with van der Waals surface area (Å²) in [4.78, 5) is 28.1. The van der Waals surface area contributed by atoms with E-state index in [1.54, 1.807) is 12.1 Å². The number of anilines is 1. The van der Waals surface area contributed by atoms with Gasteiger partial charge in [0, 0.05) is 10.7 Å². The molecule has 3 aromatic rings. The smallest absolute Gasteiger partial charge is 0.300 e. The number of amides is 1. The highest BCUT2D eigenvalue weighted by atomic mass is 35.5. The summed E-state index contributed by atoms with van der Waals surface area (Å²) in [6.07, 6.45) is 0. The van der Waals surface area contributed by atoms with E-state index in [1.165, 1.54) is 36.3 Å². The van der Waals surface area contributed by atoms with Crippen molar-refractivity contribution in [2.75, 3.05) is 12.0 Å². The van der Waals surface area contributed by atoms with Crippen molar-refractivity contribution < 1.29 is 24.5 Å². The largest absolute Gasteiger partial charge is 0.508 e. The zero-order valence-corrected chi connectivity index (χ0v) is 20.1. The van der Waals surface area contributed by atoms with E-state index in [-0.39, 0.29) is 32.7 Å². The normalized spacial score (nSPS) is 17.3. The lowest BCUT2D eigenvalue weighted by atomic mass is 9.94. The molecule has 0 radical (unpaired) electrons. The number of rotatable bonds is 4. The van der Waals surface area contributed by atoms with Gasteiger partial charge < -0.3 is 14.9 Å². The minimum absolute atomic E-state index is 0.0238. The lowest BCUT2D eigenvalue weighted by Gasteiger charge is -2.27. The van der Waals surface area contributed by atoms with Crippen LogP contribution in [0, 0.1) is 13.8 Å². The van der Waals surface area contributed by atoms with Crippen molar-refractivity contribution in [1.82, 2.24) is 0 Å². The Hall–Kier alpha value is -3.48. The molecule has 1 unspecified atom stereocenters. The molecule has 174 valence electrons. The van der Waals surface area contributed by atoms with Crippen LogP contribution in [0.5, 0.6) is 11.5 Å². The number of carbonyl (C=O) groups is 2. The van der Waals surface area contributed by atoms with Crippen LogP contribution in [0.25, 0.3) is 5.76 Å². The quantitative estimate of drug-likeness (QED) is 0.264. The number of hydrogen-bond acceptors (Lipinski definition) is 5. The SMILES string of the molecule is COc1c(Cl)cc(Cl)cc1/C(O)=C1\C(=O)C(=O)N(c2cc(C)ccc2C)C1c1ccc(O)cc1. The standard InChI is InChI=1S/C26H21Cl2NO5/c1-13-4-5-14(2)20(10-13)29-22(15-6-8-17(30)9-7-15)21(24(32)26(29)33)23(31)18-11-16(27)12-19(28)25(18)34-3/h4-12,22,30-31H,1-3H3/b23-21+. The first-order chi connectivity index (χ1) is 16.1. The number of phenols is 1. The number of aliphatic hydroxyl groups excluding tert-OH is 1. The van der Waals surface area contributed by atoms with Gasteiger partial charge in [-0.25, -0.2) is 0 Å². The number of aliphatic hydroxyl groups is 1. The number of phenolic OH excluding ortho intramolecular Hbond substituents is 1. The second-order valence-corrected chi connectivity index (χ2v) is 8.86. The number of halogens is 2. The molecule has 34 heavy (non-hydrogen) atoms. The van der Waals surface area contributed by atoms with E-state index in [4.69, 9.17) is 27.9 Å². The van der Waals surface area contributed by atoms with Crippen LogP contribution in [0.4, 0.5) is 5.69 Å². The third-order valence-corrected chi connectivity index (χ3v) is 6.24. The third-order valence-electron chi connectivity index (χ3n) is 5.75. The molecule has 1 atom stereocenters. The van der Waals surface area contributed by atoms with Crippen LogP contribution in [0.1, 0.15) is 28.3 Å².